The van der Waals surface area contributed by atoms with Gasteiger partial charge in [0.2, 0.25) is 0 Å². The van der Waals surface area contributed by atoms with Crippen molar-refractivity contribution in [3.8, 4) is 5.75 Å². The van der Waals surface area contributed by atoms with Crippen LogP contribution in [-0.2, 0) is 0 Å². The number of carbonyl (C=O) groups excluding carboxylic acids is 1. The molecule has 0 bridgehead atoms. The van der Waals surface area contributed by atoms with Crippen LogP contribution in [0.4, 0.5) is 20.4 Å². The molecule has 1 saturated heterocycles. The summed E-state index contributed by atoms with van der Waals surface area (Å²) in [6.07, 6.45) is 2.10. The lowest BCUT2D eigenvalue weighted by Crippen LogP contribution is -2.23. The third-order valence-electron chi connectivity index (χ3n) is 4.51. The van der Waals surface area contributed by atoms with Crippen LogP contribution in [0.2, 0.25) is 0 Å². The maximum absolute atomic E-state index is 12.7. The lowest BCUT2D eigenvalue weighted by atomic mass is 10.2. The van der Waals surface area contributed by atoms with Crippen LogP contribution in [0.1, 0.15) is 23.2 Å². The SMILES string of the molecule is O=C(Nc1nc2ccccc2nc1N1CCCC1)c1cccc(OC(F)F)c1. The van der Waals surface area contributed by atoms with Gasteiger partial charge < -0.3 is 15.0 Å². The number of ether oxygens (including phenoxy) is 1. The van der Waals surface area contributed by atoms with Crippen molar-refractivity contribution in [2.75, 3.05) is 23.3 Å². The zero-order valence-corrected chi connectivity index (χ0v) is 14.9. The molecule has 28 heavy (non-hydrogen) atoms. The van der Waals surface area contributed by atoms with Gasteiger partial charge in [-0.15, -0.1) is 0 Å². The van der Waals surface area contributed by atoms with E-state index >= 15 is 0 Å². The Labute approximate surface area is 160 Å². The summed E-state index contributed by atoms with van der Waals surface area (Å²) in [4.78, 5) is 24.1. The quantitative estimate of drug-likeness (QED) is 0.718. The lowest BCUT2D eigenvalue weighted by molar-refractivity contribution is -0.0498. The highest BCUT2D eigenvalue weighted by molar-refractivity contribution is 6.05. The molecule has 3 aromatic rings. The zero-order chi connectivity index (χ0) is 19.5. The van der Waals surface area contributed by atoms with Crippen molar-refractivity contribution in [3.63, 3.8) is 0 Å². The van der Waals surface area contributed by atoms with E-state index in [1.165, 1.54) is 24.3 Å². The average Bonchev–Trinajstić information content (AvgIpc) is 3.21. The Balaban J connectivity index is 1.66. The Morgan fingerprint density at radius 2 is 1.75 bits per heavy atom. The fourth-order valence-corrected chi connectivity index (χ4v) is 3.22. The van der Waals surface area contributed by atoms with Gasteiger partial charge in [0.25, 0.3) is 5.91 Å². The Morgan fingerprint density at radius 3 is 2.46 bits per heavy atom. The molecule has 0 spiro atoms. The number of halogens is 2. The van der Waals surface area contributed by atoms with Crippen LogP contribution in [0.5, 0.6) is 5.75 Å². The largest absolute Gasteiger partial charge is 0.435 e. The summed E-state index contributed by atoms with van der Waals surface area (Å²) in [7, 11) is 0. The first-order valence-corrected chi connectivity index (χ1v) is 8.98. The first-order valence-electron chi connectivity index (χ1n) is 8.98. The van der Waals surface area contributed by atoms with Crippen LogP contribution in [0, 0.1) is 0 Å². The number of nitrogens with one attached hydrogen (secondary N) is 1. The Morgan fingerprint density at radius 1 is 1.04 bits per heavy atom. The van der Waals surface area contributed by atoms with Gasteiger partial charge >= 0.3 is 6.61 Å². The highest BCUT2D eigenvalue weighted by Gasteiger charge is 2.21. The van der Waals surface area contributed by atoms with Gasteiger partial charge in [-0.05, 0) is 43.2 Å². The first kappa shape index (κ1) is 18.1. The standard InChI is InChI=1S/C20H18F2N4O2/c21-20(22)28-14-7-5-6-13(12-14)19(27)25-17-18(26-10-3-4-11-26)24-16-9-2-1-8-15(16)23-17/h1-2,5-9,12,20H,3-4,10-11H2,(H,23,25,27). The summed E-state index contributed by atoms with van der Waals surface area (Å²) in [6.45, 7) is -1.27. The second-order valence-corrected chi connectivity index (χ2v) is 6.44. The molecule has 1 amide bonds. The van der Waals surface area contributed by atoms with Crippen molar-refractivity contribution in [2.45, 2.75) is 19.5 Å². The summed E-state index contributed by atoms with van der Waals surface area (Å²) in [6, 6.07) is 13.1. The van der Waals surface area contributed by atoms with Gasteiger partial charge in [0, 0.05) is 18.7 Å². The highest BCUT2D eigenvalue weighted by atomic mass is 19.3. The normalized spacial score (nSPS) is 13.9. The number of nitrogens with zero attached hydrogens (tertiary/aromatic N) is 3. The van der Waals surface area contributed by atoms with Gasteiger partial charge in [0.15, 0.2) is 11.6 Å². The van der Waals surface area contributed by atoms with E-state index in [1.54, 1.807) is 0 Å². The van der Waals surface area contributed by atoms with Gasteiger partial charge in [0.05, 0.1) is 11.0 Å². The minimum atomic E-state index is -2.95. The molecular weight excluding hydrogens is 366 g/mol. The molecule has 2 heterocycles. The molecule has 6 nitrogen and oxygen atoms in total. The predicted molar refractivity (Wildman–Crippen MR) is 102 cm³/mol. The number of aromatic nitrogens is 2. The van der Waals surface area contributed by atoms with Crippen LogP contribution in [-0.4, -0.2) is 35.6 Å². The van der Waals surface area contributed by atoms with E-state index in [9.17, 15) is 13.6 Å². The van der Waals surface area contributed by atoms with Crippen molar-refractivity contribution in [1.29, 1.82) is 0 Å². The Bertz CT molecular complexity index is 1010. The van der Waals surface area contributed by atoms with Gasteiger partial charge in [0.1, 0.15) is 5.75 Å². The third kappa shape index (κ3) is 3.85. The monoisotopic (exact) mass is 384 g/mol. The topological polar surface area (TPSA) is 67.4 Å². The van der Waals surface area contributed by atoms with Crippen LogP contribution >= 0.6 is 0 Å². The molecule has 144 valence electrons. The van der Waals surface area contributed by atoms with Gasteiger partial charge in [-0.2, -0.15) is 8.78 Å². The minimum absolute atomic E-state index is 0.0768. The molecule has 0 atom stereocenters. The van der Waals surface area contributed by atoms with E-state index in [0.717, 1.165) is 31.4 Å². The molecule has 1 aliphatic heterocycles. The number of alkyl halides is 2. The van der Waals surface area contributed by atoms with Crippen LogP contribution in [0.3, 0.4) is 0 Å². The average molecular weight is 384 g/mol. The summed E-state index contributed by atoms with van der Waals surface area (Å²) in [5, 5.41) is 2.78. The number of anilines is 2. The molecule has 1 N–H and O–H groups in total. The number of benzene rings is 2. The fourth-order valence-electron chi connectivity index (χ4n) is 3.22. The number of carbonyl (C=O) groups is 1. The molecule has 1 aromatic heterocycles. The molecule has 8 heteroatoms. The van der Waals surface area contributed by atoms with Crippen LogP contribution in [0.15, 0.2) is 48.5 Å². The molecule has 4 rings (SSSR count). The van der Waals surface area contributed by atoms with Gasteiger partial charge in [-0.3, -0.25) is 4.79 Å². The summed E-state index contributed by atoms with van der Waals surface area (Å²) < 4.78 is 29.2. The summed E-state index contributed by atoms with van der Waals surface area (Å²) in [5.41, 5.74) is 1.60. The number of hydrogen-bond acceptors (Lipinski definition) is 5. The van der Waals surface area contributed by atoms with E-state index in [4.69, 9.17) is 0 Å². The molecular formula is C20H18F2N4O2. The maximum atomic E-state index is 12.7. The van der Waals surface area contributed by atoms with Crippen molar-refractivity contribution >= 4 is 28.6 Å². The van der Waals surface area contributed by atoms with E-state index in [0.29, 0.717) is 17.2 Å². The van der Waals surface area contributed by atoms with Gasteiger partial charge in [-0.1, -0.05) is 18.2 Å². The fraction of sp³-hybridized carbons (Fsp3) is 0.250. The van der Waals surface area contributed by atoms with E-state index in [1.807, 2.05) is 24.3 Å². The zero-order valence-electron chi connectivity index (χ0n) is 14.9. The number of fused-ring (bicyclic) bond motifs is 1. The van der Waals surface area contributed by atoms with E-state index in [-0.39, 0.29) is 11.3 Å². The number of rotatable bonds is 5. The molecule has 1 aliphatic rings. The summed E-state index contributed by atoms with van der Waals surface area (Å²) in [5.74, 6) is 0.423. The van der Waals surface area contributed by atoms with Crippen molar-refractivity contribution in [3.05, 3.63) is 54.1 Å². The number of para-hydroxylation sites is 2. The van der Waals surface area contributed by atoms with Crippen molar-refractivity contribution in [2.24, 2.45) is 0 Å². The number of amides is 1. The predicted octanol–water partition coefficient (Wildman–Crippen LogP) is 4.08. The molecule has 2 aromatic carbocycles. The minimum Gasteiger partial charge on any atom is -0.435 e. The van der Waals surface area contributed by atoms with E-state index in [2.05, 4.69) is 24.9 Å². The number of hydrogen-bond donors (Lipinski definition) is 1. The Hall–Kier alpha value is -3.29. The van der Waals surface area contributed by atoms with E-state index < -0.39 is 12.5 Å². The molecule has 0 saturated carbocycles. The second-order valence-electron chi connectivity index (χ2n) is 6.44. The van der Waals surface area contributed by atoms with Crippen molar-refractivity contribution < 1.29 is 18.3 Å². The maximum Gasteiger partial charge on any atom is 0.387 e. The molecule has 0 unspecified atom stereocenters. The molecule has 1 fully saturated rings. The van der Waals surface area contributed by atoms with Crippen LogP contribution in [0.25, 0.3) is 11.0 Å². The van der Waals surface area contributed by atoms with Crippen LogP contribution < -0.4 is 15.0 Å². The molecule has 0 radical (unpaired) electrons. The van der Waals surface area contributed by atoms with Crippen molar-refractivity contribution in [1.82, 2.24) is 9.97 Å². The Kier molecular flexibility index (Phi) is 5.01. The first-order chi connectivity index (χ1) is 13.6. The van der Waals surface area contributed by atoms with Gasteiger partial charge in [-0.25, -0.2) is 9.97 Å². The second kappa shape index (κ2) is 7.75. The smallest absolute Gasteiger partial charge is 0.387 e. The highest BCUT2D eigenvalue weighted by Crippen LogP contribution is 2.28. The molecule has 0 aliphatic carbocycles. The summed E-state index contributed by atoms with van der Waals surface area (Å²) >= 11 is 0. The third-order valence-corrected chi connectivity index (χ3v) is 4.51. The lowest BCUT2D eigenvalue weighted by Gasteiger charge is -2.20.